The molecule has 1 rings (SSSR count). The summed E-state index contributed by atoms with van der Waals surface area (Å²) in [7, 11) is -2.78. The Morgan fingerprint density at radius 1 is 1.43 bits per heavy atom. The zero-order valence-electron chi connectivity index (χ0n) is 11.6. The van der Waals surface area contributed by atoms with Gasteiger partial charge in [-0.2, -0.15) is 0 Å². The van der Waals surface area contributed by atoms with E-state index in [1.165, 1.54) is 7.11 Å². The van der Waals surface area contributed by atoms with Crippen molar-refractivity contribution in [1.82, 2.24) is 4.72 Å². The van der Waals surface area contributed by atoms with Crippen molar-refractivity contribution in [2.24, 2.45) is 5.73 Å². The van der Waals surface area contributed by atoms with Crippen molar-refractivity contribution in [3.05, 3.63) is 29.3 Å². The number of methoxy groups -OCH3 is 1. The third-order valence-electron chi connectivity index (χ3n) is 2.57. The molecule has 116 valence electrons. The lowest BCUT2D eigenvalue weighted by Gasteiger charge is -2.13. The predicted molar refractivity (Wildman–Crippen MR) is 73.9 cm³/mol. The molecule has 0 fully saturated rings. The zero-order chi connectivity index (χ0) is 16.0. The molecular weight excluding hydrogens is 302 g/mol. The molecule has 0 saturated heterocycles. The fourth-order valence-corrected chi connectivity index (χ4v) is 2.77. The number of benzene rings is 1. The smallest absolute Gasteiger partial charge is 0.244 e. The van der Waals surface area contributed by atoms with Gasteiger partial charge >= 0.3 is 0 Å². The summed E-state index contributed by atoms with van der Waals surface area (Å²) < 4.78 is 58.4. The maximum atomic E-state index is 13.9. The first kappa shape index (κ1) is 17.5. The van der Waals surface area contributed by atoms with E-state index in [1.54, 1.807) is 6.92 Å². The third-order valence-corrected chi connectivity index (χ3v) is 4.06. The molecule has 0 bridgehead atoms. The Labute approximate surface area is 122 Å². The van der Waals surface area contributed by atoms with E-state index in [0.717, 1.165) is 6.07 Å². The Hall–Kier alpha value is -1.53. The molecule has 0 radical (unpaired) electrons. The standard InChI is InChI=1S/C13H16F2N2O3S/c1-9(20-2)8-17-21(18,19)13-10(4-3-5-16)6-11(14)7-12(13)15/h6-7,9,17H,5,8,16H2,1-2H3. The molecule has 1 aromatic rings. The van der Waals surface area contributed by atoms with Gasteiger partial charge in [0.2, 0.25) is 10.0 Å². The molecule has 0 saturated carbocycles. The molecule has 1 unspecified atom stereocenters. The summed E-state index contributed by atoms with van der Waals surface area (Å²) in [4.78, 5) is -0.701. The van der Waals surface area contributed by atoms with Crippen LogP contribution in [-0.2, 0) is 14.8 Å². The van der Waals surface area contributed by atoms with E-state index in [9.17, 15) is 17.2 Å². The van der Waals surface area contributed by atoms with Crippen molar-refractivity contribution >= 4 is 10.0 Å². The van der Waals surface area contributed by atoms with Gasteiger partial charge in [0.1, 0.15) is 16.5 Å². The highest BCUT2D eigenvalue weighted by Crippen LogP contribution is 2.20. The van der Waals surface area contributed by atoms with Gasteiger partial charge in [0, 0.05) is 19.7 Å². The Balaban J connectivity index is 3.27. The van der Waals surface area contributed by atoms with Crippen molar-refractivity contribution in [2.75, 3.05) is 20.2 Å². The van der Waals surface area contributed by atoms with Crippen LogP contribution < -0.4 is 10.5 Å². The maximum Gasteiger partial charge on any atom is 0.244 e. The lowest BCUT2D eigenvalue weighted by molar-refractivity contribution is 0.122. The molecule has 8 heteroatoms. The van der Waals surface area contributed by atoms with Gasteiger partial charge in [-0.15, -0.1) is 0 Å². The second kappa shape index (κ2) is 7.47. The molecule has 0 amide bonds. The van der Waals surface area contributed by atoms with E-state index < -0.39 is 32.7 Å². The van der Waals surface area contributed by atoms with E-state index >= 15 is 0 Å². The molecule has 0 aliphatic heterocycles. The van der Waals surface area contributed by atoms with Crippen LogP contribution in [0.4, 0.5) is 8.78 Å². The number of sulfonamides is 1. The van der Waals surface area contributed by atoms with Gasteiger partial charge in [-0.1, -0.05) is 11.8 Å². The zero-order valence-corrected chi connectivity index (χ0v) is 12.4. The van der Waals surface area contributed by atoms with E-state index in [0.29, 0.717) is 6.07 Å². The fourth-order valence-electron chi connectivity index (χ4n) is 1.46. The summed E-state index contributed by atoms with van der Waals surface area (Å²) in [5, 5.41) is 0. The minimum Gasteiger partial charge on any atom is -0.380 e. The van der Waals surface area contributed by atoms with Gasteiger partial charge < -0.3 is 10.5 Å². The molecule has 1 aromatic carbocycles. The normalized spacial score (nSPS) is 12.6. The van der Waals surface area contributed by atoms with E-state index in [-0.39, 0.29) is 18.7 Å². The summed E-state index contributed by atoms with van der Waals surface area (Å²) in [6.07, 6.45) is -0.401. The van der Waals surface area contributed by atoms with Gasteiger partial charge in [0.05, 0.1) is 18.2 Å². The number of nitrogens with one attached hydrogen (secondary N) is 1. The average Bonchev–Trinajstić information content (AvgIpc) is 2.41. The van der Waals surface area contributed by atoms with Crippen LogP contribution in [0.15, 0.2) is 17.0 Å². The molecule has 0 aromatic heterocycles. The minimum atomic E-state index is -4.19. The van der Waals surface area contributed by atoms with Crippen LogP contribution in [0.3, 0.4) is 0 Å². The van der Waals surface area contributed by atoms with Crippen LogP contribution in [-0.4, -0.2) is 34.7 Å². The monoisotopic (exact) mass is 318 g/mol. The van der Waals surface area contributed by atoms with Crippen molar-refractivity contribution < 1.29 is 21.9 Å². The summed E-state index contributed by atoms with van der Waals surface area (Å²) in [6, 6.07) is 1.34. The summed E-state index contributed by atoms with van der Waals surface area (Å²) in [6.45, 7) is 1.52. The number of hydrogen-bond donors (Lipinski definition) is 2. The Bertz CT molecular complexity index is 666. The number of hydrogen-bond acceptors (Lipinski definition) is 4. The molecule has 21 heavy (non-hydrogen) atoms. The highest BCUT2D eigenvalue weighted by molar-refractivity contribution is 7.89. The molecule has 0 aliphatic carbocycles. The quantitative estimate of drug-likeness (QED) is 0.779. The van der Waals surface area contributed by atoms with Crippen molar-refractivity contribution in [2.45, 2.75) is 17.9 Å². The van der Waals surface area contributed by atoms with Crippen LogP contribution in [0, 0.1) is 23.5 Å². The van der Waals surface area contributed by atoms with Crippen molar-refractivity contribution in [1.29, 1.82) is 0 Å². The SMILES string of the molecule is COC(C)CNS(=O)(=O)c1c(F)cc(F)cc1C#CCN. The predicted octanol–water partition coefficient (Wildman–Crippen LogP) is 0.588. The lowest BCUT2D eigenvalue weighted by Crippen LogP contribution is -2.32. The number of rotatable bonds is 5. The molecule has 5 nitrogen and oxygen atoms in total. The van der Waals surface area contributed by atoms with E-state index in [2.05, 4.69) is 16.6 Å². The first-order valence-electron chi connectivity index (χ1n) is 6.02. The van der Waals surface area contributed by atoms with Crippen LogP contribution in [0.2, 0.25) is 0 Å². The van der Waals surface area contributed by atoms with Gasteiger partial charge in [-0.25, -0.2) is 21.9 Å². The third kappa shape index (κ3) is 4.75. The van der Waals surface area contributed by atoms with Gasteiger partial charge in [0.25, 0.3) is 0 Å². The first-order valence-corrected chi connectivity index (χ1v) is 7.50. The van der Waals surface area contributed by atoms with Gasteiger partial charge in [0.15, 0.2) is 0 Å². The van der Waals surface area contributed by atoms with Gasteiger partial charge in [-0.05, 0) is 13.0 Å². The second-order valence-electron chi connectivity index (χ2n) is 4.17. The van der Waals surface area contributed by atoms with Crippen LogP contribution in [0.25, 0.3) is 0 Å². The molecule has 3 N–H and O–H groups in total. The molecule has 0 spiro atoms. The Morgan fingerprint density at radius 2 is 2.10 bits per heavy atom. The minimum absolute atomic E-state index is 0.0561. The summed E-state index contributed by atoms with van der Waals surface area (Å²) in [5.41, 5.74) is 4.90. The topological polar surface area (TPSA) is 81.4 Å². The molecular formula is C13H16F2N2O3S. The van der Waals surface area contributed by atoms with Crippen LogP contribution in [0.5, 0.6) is 0 Å². The van der Waals surface area contributed by atoms with E-state index in [4.69, 9.17) is 10.5 Å². The molecule has 0 heterocycles. The highest BCUT2D eigenvalue weighted by atomic mass is 32.2. The largest absolute Gasteiger partial charge is 0.380 e. The average molecular weight is 318 g/mol. The lowest BCUT2D eigenvalue weighted by atomic mass is 10.2. The second-order valence-corrected chi connectivity index (χ2v) is 5.87. The number of ether oxygens (including phenoxy) is 1. The number of nitrogens with two attached hydrogens (primary N) is 1. The first-order chi connectivity index (χ1) is 9.81. The fraction of sp³-hybridized carbons (Fsp3) is 0.385. The van der Waals surface area contributed by atoms with Crippen molar-refractivity contribution in [3.63, 3.8) is 0 Å². The van der Waals surface area contributed by atoms with Crippen LogP contribution >= 0.6 is 0 Å². The summed E-state index contributed by atoms with van der Waals surface area (Å²) in [5.74, 6) is 2.60. The number of halogens is 2. The molecule has 0 aliphatic rings. The van der Waals surface area contributed by atoms with E-state index in [1.807, 2.05) is 0 Å². The maximum absolute atomic E-state index is 13.9. The van der Waals surface area contributed by atoms with Crippen LogP contribution in [0.1, 0.15) is 12.5 Å². The highest BCUT2D eigenvalue weighted by Gasteiger charge is 2.24. The van der Waals surface area contributed by atoms with Gasteiger partial charge in [-0.3, -0.25) is 0 Å². The molecule has 1 atom stereocenters. The Morgan fingerprint density at radius 3 is 2.67 bits per heavy atom. The van der Waals surface area contributed by atoms with Crippen molar-refractivity contribution in [3.8, 4) is 11.8 Å². The summed E-state index contributed by atoms with van der Waals surface area (Å²) >= 11 is 0. The Kier molecular flexibility index (Phi) is 6.23.